The molecular weight excluding hydrogens is 767 g/mol. The third kappa shape index (κ3) is 31.1. The van der Waals surface area contributed by atoms with Gasteiger partial charge in [-0.2, -0.15) is 0 Å². The molecule has 0 unspecified atom stereocenters. The fourth-order valence-corrected chi connectivity index (χ4v) is 3.64. The first-order valence-corrected chi connectivity index (χ1v) is 17.1. The van der Waals surface area contributed by atoms with Gasteiger partial charge in [0, 0.05) is 28.4 Å². The molecule has 304 valence electrons. The zero-order valence-electron chi connectivity index (χ0n) is 31.8. The summed E-state index contributed by atoms with van der Waals surface area (Å²) in [5, 5.41) is 43.9. The fraction of sp³-hybridized carbons (Fsp3) is 0.765. The van der Waals surface area contributed by atoms with Gasteiger partial charge in [0.05, 0.1) is 109 Å². The van der Waals surface area contributed by atoms with Crippen LogP contribution in [-0.2, 0) is 52.1 Å². The second kappa shape index (κ2) is 42.0. The molecule has 16 nitrogen and oxygen atoms in total. The summed E-state index contributed by atoms with van der Waals surface area (Å²) in [4.78, 5) is 0. The second-order valence-corrected chi connectivity index (χ2v) is 11.3. The summed E-state index contributed by atoms with van der Waals surface area (Å²) in [6.07, 6.45) is 5.37. The van der Waals surface area contributed by atoms with Crippen molar-refractivity contribution in [3.05, 3.63) is 50.6 Å². The summed E-state index contributed by atoms with van der Waals surface area (Å²) < 4.78 is 57.6. The molecule has 0 bridgehead atoms. The Morgan fingerprint density at radius 1 is 0.673 bits per heavy atom. The van der Waals surface area contributed by atoms with Gasteiger partial charge in [-0.15, -0.1) is 39.0 Å². The average Bonchev–Trinajstić information content (AvgIpc) is 3.18. The number of hydrogen-bond acceptors (Lipinski definition) is 16. The third-order valence-corrected chi connectivity index (χ3v) is 6.94. The van der Waals surface area contributed by atoms with Gasteiger partial charge >= 0.3 is 29.6 Å². The molecule has 2 rings (SSSR count). The molecule has 0 atom stereocenters. The van der Waals surface area contributed by atoms with Gasteiger partial charge in [-0.1, -0.05) is 34.2 Å². The van der Waals surface area contributed by atoms with Crippen molar-refractivity contribution < 1.29 is 107 Å². The Kier molecular flexibility index (Phi) is 47.2. The van der Waals surface area contributed by atoms with Crippen molar-refractivity contribution in [2.24, 2.45) is 10.8 Å². The topological polar surface area (TPSA) is 206 Å². The molecule has 2 saturated heterocycles. The van der Waals surface area contributed by atoms with E-state index in [0.29, 0.717) is 66.1 Å². The fourth-order valence-electron chi connectivity index (χ4n) is 3.11. The normalized spacial score (nSPS) is 19.2. The van der Waals surface area contributed by atoms with Crippen LogP contribution in [0.5, 0.6) is 0 Å². The van der Waals surface area contributed by atoms with Crippen molar-refractivity contribution in [3.8, 4) is 0 Å². The molecule has 0 amide bonds. The molecule has 0 aromatic carbocycles. The maximum absolute atomic E-state index is 9.18. The number of hydrogen-bond donors (Lipinski definition) is 4. The van der Waals surface area contributed by atoms with E-state index in [1.807, 2.05) is 0 Å². The van der Waals surface area contributed by atoms with Gasteiger partial charge in [0.25, 0.3) is 0 Å². The minimum absolute atomic E-state index is 0. The predicted molar refractivity (Wildman–Crippen MR) is 192 cm³/mol. The molecule has 0 aromatic heterocycles. The first kappa shape index (κ1) is 58.5. The van der Waals surface area contributed by atoms with Crippen LogP contribution in [0.3, 0.4) is 0 Å². The Hall–Kier alpha value is -0.200. The molecule has 0 radical (unpaired) electrons. The monoisotopic (exact) mass is 830 g/mol. The van der Waals surface area contributed by atoms with Crippen LogP contribution in [-0.4, -0.2) is 178 Å². The molecular formula is C34H64BrNaO16. The molecule has 2 aliphatic rings. The first-order chi connectivity index (χ1) is 24.6. The van der Waals surface area contributed by atoms with Crippen LogP contribution in [0.1, 0.15) is 0 Å². The van der Waals surface area contributed by atoms with E-state index in [9.17, 15) is 5.11 Å². The summed E-state index contributed by atoms with van der Waals surface area (Å²) in [7, 11) is 6.36. The van der Waals surface area contributed by atoms with E-state index in [4.69, 9.17) is 72.5 Å². The SMILES string of the molecule is C=CCOCC(OC)OC.C=CCOCC1OCC2(CO1)COC(COCC=C)OC2.C=CC[O-].COC(CBr)OC.OCC(CO)(CO)CO.[Na+]. The zero-order valence-corrected chi connectivity index (χ0v) is 35.4. The van der Waals surface area contributed by atoms with Gasteiger partial charge in [-0.05, 0) is 0 Å². The summed E-state index contributed by atoms with van der Waals surface area (Å²) in [5.41, 5.74) is -1.34. The molecule has 52 heavy (non-hydrogen) atoms. The summed E-state index contributed by atoms with van der Waals surface area (Å²) in [6.45, 7) is 17.0. The van der Waals surface area contributed by atoms with Gasteiger partial charge in [0.1, 0.15) is 0 Å². The van der Waals surface area contributed by atoms with Crippen LogP contribution in [0.2, 0.25) is 0 Å². The number of methoxy groups -OCH3 is 4. The Labute approximate surface area is 341 Å². The molecule has 0 aliphatic carbocycles. The van der Waals surface area contributed by atoms with E-state index < -0.39 is 31.8 Å². The van der Waals surface area contributed by atoms with E-state index in [2.05, 4.69) is 42.2 Å². The molecule has 0 saturated carbocycles. The van der Waals surface area contributed by atoms with Gasteiger partial charge in [-0.3, -0.25) is 0 Å². The van der Waals surface area contributed by atoms with E-state index in [1.165, 1.54) is 6.08 Å². The van der Waals surface area contributed by atoms with Crippen molar-refractivity contribution in [1.82, 2.24) is 0 Å². The molecule has 2 heterocycles. The minimum atomic E-state index is -1.11. The maximum Gasteiger partial charge on any atom is 1.00 e. The van der Waals surface area contributed by atoms with Crippen LogP contribution < -0.4 is 34.7 Å². The Morgan fingerprint density at radius 3 is 1.21 bits per heavy atom. The van der Waals surface area contributed by atoms with Crippen molar-refractivity contribution in [1.29, 1.82) is 0 Å². The number of aliphatic hydroxyl groups excluding tert-OH is 4. The Bertz CT molecular complexity index is 714. The molecule has 2 aliphatic heterocycles. The van der Waals surface area contributed by atoms with E-state index in [0.717, 1.165) is 5.33 Å². The third-order valence-electron chi connectivity index (χ3n) is 6.41. The van der Waals surface area contributed by atoms with Crippen molar-refractivity contribution in [3.63, 3.8) is 0 Å². The van der Waals surface area contributed by atoms with Crippen LogP contribution in [0.4, 0.5) is 0 Å². The number of halogens is 1. The zero-order chi connectivity index (χ0) is 39.2. The second-order valence-electron chi connectivity index (χ2n) is 10.6. The molecule has 4 N–H and O–H groups in total. The van der Waals surface area contributed by atoms with E-state index in [1.54, 1.807) is 46.7 Å². The maximum atomic E-state index is 9.18. The number of rotatable bonds is 22. The van der Waals surface area contributed by atoms with Crippen molar-refractivity contribution in [2.45, 2.75) is 25.2 Å². The quantitative estimate of drug-likeness (QED) is 0.0291. The molecule has 2 fully saturated rings. The van der Waals surface area contributed by atoms with Crippen LogP contribution in [0, 0.1) is 10.8 Å². The summed E-state index contributed by atoms with van der Waals surface area (Å²) in [6, 6.07) is 0. The number of alkyl halides is 1. The largest absolute Gasteiger partial charge is 1.00 e. The van der Waals surface area contributed by atoms with Gasteiger partial charge < -0.3 is 77.6 Å². The molecule has 18 heteroatoms. The molecule has 0 aromatic rings. The van der Waals surface area contributed by atoms with Crippen molar-refractivity contribution in [2.75, 3.05) is 133 Å². The predicted octanol–water partition coefficient (Wildman–Crippen LogP) is -2.59. The first-order valence-electron chi connectivity index (χ1n) is 16.0. The molecule has 1 spiro atoms. The van der Waals surface area contributed by atoms with Crippen LogP contribution in [0.15, 0.2) is 50.6 Å². The Balaban J connectivity index is -0.000000313. The van der Waals surface area contributed by atoms with E-state index in [-0.39, 0.29) is 66.7 Å². The van der Waals surface area contributed by atoms with Gasteiger partial charge in [0.2, 0.25) is 0 Å². The van der Waals surface area contributed by atoms with Gasteiger partial charge in [-0.25, -0.2) is 0 Å². The van der Waals surface area contributed by atoms with Crippen LogP contribution in [0.25, 0.3) is 0 Å². The number of aliphatic hydroxyl groups is 4. The van der Waals surface area contributed by atoms with Crippen LogP contribution >= 0.6 is 15.9 Å². The number of ether oxygens (including phenoxy) is 11. The van der Waals surface area contributed by atoms with E-state index >= 15 is 0 Å². The van der Waals surface area contributed by atoms with Crippen molar-refractivity contribution >= 4 is 15.9 Å². The standard InChI is InChI=1S/C15H24O6.C7H14O3.C5H12O4.C4H9BrO2.C3H5O.Na/c1-3-5-16-7-13-18-9-15(10-19-13)11-20-14(21-12-15)8-17-6-4-2;1-4-5-10-6-7(8-2)9-3;6-1-5(2-7,3-8)4-9;1-6-4(3-5)7-2;1-2-3-4;/h3-4,13-14H,1-2,5-12H2;4,7H,1,5-6H2,2-3H3;6-9H,1-4H2;4H,3H2,1-2H3;2H,1,3H2;/q;;;;-1;+1. The minimum Gasteiger partial charge on any atom is -0.851 e. The Morgan fingerprint density at radius 2 is 1.00 bits per heavy atom. The summed E-state index contributed by atoms with van der Waals surface area (Å²) >= 11 is 3.19. The van der Waals surface area contributed by atoms with Gasteiger partial charge in [0.15, 0.2) is 25.2 Å². The smallest absolute Gasteiger partial charge is 0.851 e. The summed E-state index contributed by atoms with van der Waals surface area (Å²) in [5.74, 6) is 0. The average molecular weight is 832 g/mol.